The number of benzene rings is 1. The molecule has 0 radical (unpaired) electrons. The fourth-order valence-corrected chi connectivity index (χ4v) is 5.06. The van der Waals surface area contributed by atoms with Crippen LogP contribution < -0.4 is 5.73 Å². The molecule has 3 aliphatic rings. The number of carboxylic acids is 1. The number of nitrogen functional groups attached to an aromatic ring is 1. The average molecular weight is 596 g/mol. The lowest BCUT2D eigenvalue weighted by Gasteiger charge is -2.22. The molecular formula is C25H25BrF3N5O4. The minimum Gasteiger partial charge on any atom is -0.475 e. The Labute approximate surface area is 223 Å². The lowest BCUT2D eigenvalue weighted by molar-refractivity contribution is -0.192. The van der Waals surface area contributed by atoms with E-state index >= 15 is 0 Å². The molecule has 1 fully saturated rings. The number of imidazole rings is 1. The van der Waals surface area contributed by atoms with Crippen molar-refractivity contribution in [1.29, 1.82) is 0 Å². The molecule has 2 aromatic rings. The summed E-state index contributed by atoms with van der Waals surface area (Å²) in [4.78, 5) is 22.0. The van der Waals surface area contributed by atoms with E-state index in [1.165, 1.54) is 6.33 Å². The van der Waals surface area contributed by atoms with Gasteiger partial charge in [0.25, 0.3) is 0 Å². The topological polar surface area (TPSA) is 147 Å². The molecule has 13 heteroatoms. The molecule has 0 spiro atoms. The molecule has 0 amide bonds. The Hall–Kier alpha value is -3.29. The van der Waals surface area contributed by atoms with Crippen LogP contribution in [0.5, 0.6) is 0 Å². The first-order valence-electron chi connectivity index (χ1n) is 11.6. The summed E-state index contributed by atoms with van der Waals surface area (Å²) in [6.07, 6.45) is -0.933. The Balaban J connectivity index is 0.000000426. The first kappa shape index (κ1) is 27.7. The average Bonchev–Trinajstić information content (AvgIpc) is 3.42. The van der Waals surface area contributed by atoms with Crippen LogP contribution in [-0.4, -0.2) is 59.2 Å². The number of halogens is 4. The van der Waals surface area contributed by atoms with Crippen molar-refractivity contribution in [2.24, 2.45) is 5.92 Å². The molecule has 2 aliphatic heterocycles. The van der Waals surface area contributed by atoms with E-state index in [4.69, 9.17) is 15.6 Å². The normalized spacial score (nSPS) is 21.4. The van der Waals surface area contributed by atoms with E-state index in [2.05, 4.69) is 36.9 Å². The highest BCUT2D eigenvalue weighted by Gasteiger charge is 2.42. The Kier molecular flexibility index (Phi) is 7.90. The van der Waals surface area contributed by atoms with Gasteiger partial charge in [-0.05, 0) is 77.4 Å². The molecule has 202 valence electrons. The summed E-state index contributed by atoms with van der Waals surface area (Å²) in [5.74, 6) is -1.55. The summed E-state index contributed by atoms with van der Waals surface area (Å²) >= 11 is 3.41. The first-order valence-corrected chi connectivity index (χ1v) is 12.4. The van der Waals surface area contributed by atoms with Crippen LogP contribution >= 0.6 is 15.9 Å². The zero-order valence-electron chi connectivity index (χ0n) is 20.1. The summed E-state index contributed by atoms with van der Waals surface area (Å²) < 4.78 is 34.5. The highest BCUT2D eigenvalue weighted by atomic mass is 79.9. The molecule has 0 bridgehead atoms. The summed E-state index contributed by atoms with van der Waals surface area (Å²) in [5, 5.41) is 29.7. The molecule has 3 heterocycles. The number of nitrogens with zero attached hydrogens (tertiary/aromatic N) is 4. The van der Waals surface area contributed by atoms with Gasteiger partial charge in [-0.2, -0.15) is 13.2 Å². The molecule has 0 unspecified atom stereocenters. The number of hydrogen-bond acceptors (Lipinski definition) is 7. The smallest absolute Gasteiger partial charge is 0.475 e. The molecule has 5 rings (SSSR count). The van der Waals surface area contributed by atoms with E-state index in [0.29, 0.717) is 12.2 Å². The molecule has 1 saturated carbocycles. The van der Waals surface area contributed by atoms with Gasteiger partial charge in [0, 0.05) is 11.6 Å². The number of aryl methyl sites for hydroxylation is 2. The Morgan fingerprint density at radius 3 is 2.58 bits per heavy atom. The van der Waals surface area contributed by atoms with E-state index in [1.54, 1.807) is 0 Å². The quantitative estimate of drug-likeness (QED) is 0.275. The summed E-state index contributed by atoms with van der Waals surface area (Å²) in [5.41, 5.74) is 9.77. The van der Waals surface area contributed by atoms with E-state index in [0.717, 1.165) is 50.9 Å². The number of anilines is 1. The fourth-order valence-electron chi connectivity index (χ4n) is 4.73. The SMILES string of the molecule is Cc1cc2ncnc-2n([C@@H]2C[C@H](CCc3ccc4cc(Br)c(N)nc4c3)[C@@H](O)[C@H]2O)c1.O=C(O)C(F)(F)F. The zero-order chi connectivity index (χ0) is 27.8. The maximum absolute atomic E-state index is 10.8. The van der Waals surface area contributed by atoms with Gasteiger partial charge in [-0.15, -0.1) is 0 Å². The lowest BCUT2D eigenvalue weighted by Crippen LogP contribution is -2.30. The number of carboxylic acid groups (broad SMARTS) is 1. The molecule has 5 N–H and O–H groups in total. The zero-order valence-corrected chi connectivity index (χ0v) is 21.7. The maximum atomic E-state index is 10.8. The minimum atomic E-state index is -5.08. The number of hydrogen-bond donors (Lipinski definition) is 4. The van der Waals surface area contributed by atoms with Crippen molar-refractivity contribution in [1.82, 2.24) is 19.5 Å². The van der Waals surface area contributed by atoms with Crippen LogP contribution in [0.15, 0.2) is 47.3 Å². The van der Waals surface area contributed by atoms with E-state index in [1.807, 2.05) is 42.0 Å². The van der Waals surface area contributed by atoms with Gasteiger partial charge in [-0.1, -0.05) is 12.1 Å². The van der Waals surface area contributed by atoms with E-state index < -0.39 is 24.4 Å². The third kappa shape index (κ3) is 5.89. The second-order valence-electron chi connectivity index (χ2n) is 9.28. The second kappa shape index (κ2) is 10.8. The van der Waals surface area contributed by atoms with Crippen LogP contribution in [0.4, 0.5) is 19.0 Å². The van der Waals surface area contributed by atoms with Gasteiger partial charge in [0.2, 0.25) is 0 Å². The van der Waals surface area contributed by atoms with E-state index in [-0.39, 0.29) is 12.0 Å². The molecule has 1 aromatic heterocycles. The Morgan fingerprint density at radius 1 is 1.18 bits per heavy atom. The molecule has 0 saturated heterocycles. The first-order chi connectivity index (χ1) is 17.8. The van der Waals surface area contributed by atoms with Crippen molar-refractivity contribution >= 4 is 38.6 Å². The maximum Gasteiger partial charge on any atom is 0.490 e. The minimum absolute atomic E-state index is 0.00960. The summed E-state index contributed by atoms with van der Waals surface area (Å²) in [6, 6.07) is 9.89. The highest BCUT2D eigenvalue weighted by Crippen LogP contribution is 2.40. The van der Waals surface area contributed by atoms with Crippen molar-refractivity contribution in [3.8, 4) is 11.5 Å². The van der Waals surface area contributed by atoms with Gasteiger partial charge in [-0.25, -0.2) is 19.7 Å². The number of aromatic nitrogens is 4. The number of aliphatic carboxylic acids is 1. The highest BCUT2D eigenvalue weighted by molar-refractivity contribution is 9.10. The van der Waals surface area contributed by atoms with Crippen molar-refractivity contribution in [2.75, 3.05) is 5.73 Å². The number of fused-ring (bicyclic) bond motifs is 2. The number of carbonyl (C=O) groups is 1. The fraction of sp³-hybridized carbons (Fsp3) is 0.360. The van der Waals surface area contributed by atoms with Crippen molar-refractivity contribution in [3.63, 3.8) is 0 Å². The number of pyridine rings is 2. The third-order valence-electron chi connectivity index (χ3n) is 6.60. The van der Waals surface area contributed by atoms with Gasteiger partial charge in [0.05, 0.1) is 22.1 Å². The Bertz CT molecular complexity index is 1430. The standard InChI is InChI=1S/C23H24BrN5O2.C2HF3O2/c1-12-6-18-23(27-11-26-18)29(10-12)19-9-15(20(30)21(19)31)5-3-13-2-4-14-8-16(24)22(25)28-17(14)7-13;3-2(4,5)1(6)7/h2,4,6-8,10-11,15,19-21,30-31H,3,5,9H2,1H3,(H2,25,28);(H,6,7)/t15-,19+,20+,21-;/m0./s1. The van der Waals surface area contributed by atoms with Gasteiger partial charge in [0.15, 0.2) is 5.82 Å². The summed E-state index contributed by atoms with van der Waals surface area (Å²) in [7, 11) is 0. The molecule has 9 nitrogen and oxygen atoms in total. The third-order valence-corrected chi connectivity index (χ3v) is 7.23. The number of aliphatic hydroxyl groups excluding tert-OH is 2. The number of alkyl halides is 3. The molecular weight excluding hydrogens is 571 g/mol. The predicted octanol–water partition coefficient (Wildman–Crippen LogP) is 4.13. The van der Waals surface area contributed by atoms with Crippen molar-refractivity contribution in [2.45, 2.75) is 50.6 Å². The van der Waals surface area contributed by atoms with Gasteiger partial charge in [0.1, 0.15) is 23.9 Å². The molecule has 4 atom stereocenters. The van der Waals surface area contributed by atoms with Gasteiger partial charge < -0.3 is 25.6 Å². The van der Waals surface area contributed by atoms with Crippen LogP contribution in [-0.2, 0) is 11.2 Å². The Morgan fingerprint density at radius 2 is 1.89 bits per heavy atom. The van der Waals surface area contributed by atoms with Crippen LogP contribution in [0.2, 0.25) is 0 Å². The second-order valence-corrected chi connectivity index (χ2v) is 10.1. The van der Waals surface area contributed by atoms with E-state index in [9.17, 15) is 23.4 Å². The lowest BCUT2D eigenvalue weighted by atomic mass is 9.95. The number of nitrogens with two attached hydrogens (primary N) is 1. The molecule has 1 aliphatic carbocycles. The van der Waals surface area contributed by atoms with Crippen molar-refractivity contribution < 1.29 is 33.3 Å². The van der Waals surface area contributed by atoms with Crippen LogP contribution in [0.3, 0.4) is 0 Å². The monoisotopic (exact) mass is 595 g/mol. The largest absolute Gasteiger partial charge is 0.490 e. The predicted molar refractivity (Wildman–Crippen MR) is 136 cm³/mol. The van der Waals surface area contributed by atoms with Crippen molar-refractivity contribution in [3.05, 3.63) is 58.5 Å². The van der Waals surface area contributed by atoms with Crippen LogP contribution in [0, 0.1) is 12.8 Å². The number of aliphatic hydroxyl groups is 2. The molecule has 38 heavy (non-hydrogen) atoms. The van der Waals surface area contributed by atoms with Crippen LogP contribution in [0.1, 0.15) is 30.0 Å². The molecule has 1 aromatic carbocycles. The van der Waals surface area contributed by atoms with Gasteiger partial charge >= 0.3 is 12.1 Å². The van der Waals surface area contributed by atoms with Gasteiger partial charge in [-0.3, -0.25) is 0 Å². The number of rotatable bonds is 4. The summed E-state index contributed by atoms with van der Waals surface area (Å²) in [6.45, 7) is 2.00. The van der Waals surface area contributed by atoms with Crippen LogP contribution in [0.25, 0.3) is 22.4 Å².